The van der Waals surface area contributed by atoms with Crippen LogP contribution < -0.4 is 15.0 Å². The maximum Gasteiger partial charge on any atom is 0.264 e. The number of hydrogen-bond donors (Lipinski definition) is 1. The summed E-state index contributed by atoms with van der Waals surface area (Å²) in [6.45, 7) is 13.1. The molecule has 1 saturated heterocycles. The molecule has 3 aromatic rings. The molecule has 1 fully saturated rings. The first-order valence-corrected chi connectivity index (χ1v) is 12.8. The molecule has 35 heavy (non-hydrogen) atoms. The average molecular weight is 489 g/mol. The van der Waals surface area contributed by atoms with Crippen molar-refractivity contribution in [2.45, 2.75) is 34.6 Å². The molecule has 182 valence electrons. The van der Waals surface area contributed by atoms with Crippen molar-refractivity contribution < 1.29 is 9.53 Å². The molecule has 6 nitrogen and oxygen atoms in total. The maximum absolute atomic E-state index is 12.6. The Balaban J connectivity index is 1.55. The number of nitrogens with zero attached hydrogens (tertiary/aromatic N) is 3. The molecule has 0 saturated carbocycles. The van der Waals surface area contributed by atoms with Crippen LogP contribution in [-0.4, -0.2) is 35.3 Å². The van der Waals surface area contributed by atoms with Crippen LogP contribution in [0.25, 0.3) is 11.8 Å². The van der Waals surface area contributed by atoms with Crippen LogP contribution in [0.3, 0.4) is 0 Å². The van der Waals surface area contributed by atoms with Gasteiger partial charge in [-0.25, -0.2) is 4.99 Å². The van der Waals surface area contributed by atoms with E-state index in [2.05, 4.69) is 77.8 Å². The normalized spacial score (nSPS) is 15.6. The molecule has 1 aliphatic rings. The Labute approximate surface area is 211 Å². The molecule has 0 bridgehead atoms. The van der Waals surface area contributed by atoms with Gasteiger partial charge >= 0.3 is 0 Å². The summed E-state index contributed by atoms with van der Waals surface area (Å²) in [4.78, 5) is 20.2. The first kappa shape index (κ1) is 24.7. The summed E-state index contributed by atoms with van der Waals surface area (Å²) in [6.07, 6.45) is 1.95. The number of benzene rings is 2. The molecule has 0 atom stereocenters. The first-order chi connectivity index (χ1) is 16.9. The second kappa shape index (κ2) is 10.9. The minimum absolute atomic E-state index is 0.131. The number of amidine groups is 1. The van der Waals surface area contributed by atoms with Crippen molar-refractivity contribution in [3.8, 4) is 11.4 Å². The van der Waals surface area contributed by atoms with Gasteiger partial charge in [0.05, 0.1) is 17.2 Å². The fourth-order valence-electron chi connectivity index (χ4n) is 4.25. The SMILES string of the molecule is CCOc1ccc(N=C2NC(=O)/C(=C\c3cc(C)n(-c4ccc(N(CC)CC)cc4)c3C)S2)cc1. The number of thioether (sulfide) groups is 1. The summed E-state index contributed by atoms with van der Waals surface area (Å²) < 4.78 is 7.70. The van der Waals surface area contributed by atoms with Gasteiger partial charge in [-0.15, -0.1) is 0 Å². The van der Waals surface area contributed by atoms with Gasteiger partial charge in [-0.2, -0.15) is 0 Å². The lowest BCUT2D eigenvalue weighted by Gasteiger charge is -2.21. The minimum atomic E-state index is -0.131. The zero-order chi connectivity index (χ0) is 24.9. The zero-order valence-corrected chi connectivity index (χ0v) is 21.8. The van der Waals surface area contributed by atoms with Crippen LogP contribution in [0.1, 0.15) is 37.7 Å². The summed E-state index contributed by atoms with van der Waals surface area (Å²) in [7, 11) is 0. The van der Waals surface area contributed by atoms with E-state index in [0.717, 1.165) is 47.2 Å². The third-order valence-corrected chi connectivity index (χ3v) is 6.93. The largest absolute Gasteiger partial charge is 0.494 e. The Bertz CT molecular complexity index is 1250. The quantitative estimate of drug-likeness (QED) is 0.382. The van der Waals surface area contributed by atoms with Crippen LogP contribution in [-0.2, 0) is 4.79 Å². The highest BCUT2D eigenvalue weighted by atomic mass is 32.2. The number of anilines is 1. The summed E-state index contributed by atoms with van der Waals surface area (Å²) >= 11 is 1.36. The van der Waals surface area contributed by atoms with Gasteiger partial charge in [-0.05, 0) is 113 Å². The molecule has 0 aliphatic carbocycles. The lowest BCUT2D eigenvalue weighted by molar-refractivity contribution is -0.115. The van der Waals surface area contributed by atoms with E-state index in [1.165, 1.54) is 17.4 Å². The zero-order valence-electron chi connectivity index (χ0n) is 21.0. The number of nitrogens with one attached hydrogen (secondary N) is 1. The maximum atomic E-state index is 12.6. The minimum Gasteiger partial charge on any atom is -0.494 e. The first-order valence-electron chi connectivity index (χ1n) is 12.0. The second-order valence-electron chi connectivity index (χ2n) is 8.26. The van der Waals surface area contributed by atoms with Crippen molar-refractivity contribution in [1.29, 1.82) is 0 Å². The number of ether oxygens (including phenoxy) is 1. The number of carbonyl (C=O) groups excluding carboxylic acids is 1. The number of hydrogen-bond acceptors (Lipinski definition) is 5. The van der Waals surface area contributed by atoms with Crippen molar-refractivity contribution in [3.05, 3.63) is 76.5 Å². The molecular formula is C28H32N4O2S. The van der Waals surface area contributed by atoms with Crippen molar-refractivity contribution in [2.75, 3.05) is 24.6 Å². The lowest BCUT2D eigenvalue weighted by Crippen LogP contribution is -2.21. The Kier molecular flexibility index (Phi) is 7.66. The van der Waals surface area contributed by atoms with Crippen LogP contribution in [0.5, 0.6) is 5.75 Å². The molecule has 1 aromatic heterocycles. The Morgan fingerprint density at radius 2 is 1.71 bits per heavy atom. The van der Waals surface area contributed by atoms with Gasteiger partial charge in [0.15, 0.2) is 5.17 Å². The van der Waals surface area contributed by atoms with Crippen LogP contribution in [0.15, 0.2) is 64.5 Å². The van der Waals surface area contributed by atoms with Gasteiger partial charge in [0, 0.05) is 35.9 Å². The van der Waals surface area contributed by atoms with Crippen LogP contribution >= 0.6 is 11.8 Å². The molecule has 7 heteroatoms. The molecule has 0 radical (unpaired) electrons. The molecule has 1 N–H and O–H groups in total. The highest BCUT2D eigenvalue weighted by molar-refractivity contribution is 8.18. The van der Waals surface area contributed by atoms with Crippen LogP contribution in [0.4, 0.5) is 11.4 Å². The fraction of sp³-hybridized carbons (Fsp3) is 0.286. The molecule has 2 heterocycles. The van der Waals surface area contributed by atoms with E-state index in [-0.39, 0.29) is 5.91 Å². The summed E-state index contributed by atoms with van der Waals surface area (Å²) in [5, 5.41) is 3.45. The molecular weight excluding hydrogens is 456 g/mol. The summed E-state index contributed by atoms with van der Waals surface area (Å²) in [5.74, 6) is 0.672. The Morgan fingerprint density at radius 3 is 2.34 bits per heavy atom. The highest BCUT2D eigenvalue weighted by Crippen LogP contribution is 2.31. The van der Waals surface area contributed by atoms with E-state index in [9.17, 15) is 4.79 Å². The van der Waals surface area contributed by atoms with E-state index in [4.69, 9.17) is 4.74 Å². The molecule has 0 unspecified atom stereocenters. The van der Waals surface area contributed by atoms with E-state index < -0.39 is 0 Å². The molecule has 0 spiro atoms. The van der Waals surface area contributed by atoms with Gasteiger partial charge in [0.2, 0.25) is 0 Å². The van der Waals surface area contributed by atoms with E-state index in [1.807, 2.05) is 37.3 Å². The van der Waals surface area contributed by atoms with Gasteiger partial charge in [0.25, 0.3) is 5.91 Å². The number of aliphatic imine (C=N–C) groups is 1. The number of aromatic nitrogens is 1. The van der Waals surface area contributed by atoms with Crippen molar-refractivity contribution in [1.82, 2.24) is 9.88 Å². The van der Waals surface area contributed by atoms with Crippen molar-refractivity contribution in [3.63, 3.8) is 0 Å². The molecule has 4 rings (SSSR count). The number of amides is 1. The van der Waals surface area contributed by atoms with Crippen LogP contribution in [0, 0.1) is 13.8 Å². The van der Waals surface area contributed by atoms with Crippen LogP contribution in [0.2, 0.25) is 0 Å². The third-order valence-electron chi connectivity index (χ3n) is 6.02. The van der Waals surface area contributed by atoms with Gasteiger partial charge < -0.3 is 19.5 Å². The predicted octanol–water partition coefficient (Wildman–Crippen LogP) is 6.23. The lowest BCUT2D eigenvalue weighted by atomic mass is 10.2. The standard InChI is InChI=1S/C28H32N4O2S/c1-6-31(7-2)23-11-13-24(14-12-23)32-19(4)17-21(20(32)5)18-26-27(33)30-28(35-26)29-22-9-15-25(16-10-22)34-8-3/h9-18H,6-8H2,1-5H3,(H,29,30,33)/b26-18+. The fourth-order valence-corrected chi connectivity index (χ4v) is 5.09. The Morgan fingerprint density at radius 1 is 1.03 bits per heavy atom. The topological polar surface area (TPSA) is 58.9 Å². The smallest absolute Gasteiger partial charge is 0.264 e. The second-order valence-corrected chi connectivity index (χ2v) is 9.29. The van der Waals surface area contributed by atoms with E-state index in [0.29, 0.717) is 16.7 Å². The molecule has 2 aromatic carbocycles. The number of carbonyl (C=O) groups is 1. The number of aryl methyl sites for hydroxylation is 1. The summed E-state index contributed by atoms with van der Waals surface area (Å²) in [6, 6.07) is 18.3. The average Bonchev–Trinajstić information content (AvgIpc) is 3.34. The predicted molar refractivity (Wildman–Crippen MR) is 147 cm³/mol. The summed E-state index contributed by atoms with van der Waals surface area (Å²) in [5.41, 5.74) is 6.34. The third kappa shape index (κ3) is 5.46. The monoisotopic (exact) mass is 488 g/mol. The van der Waals surface area contributed by atoms with Crippen molar-refractivity contribution in [2.24, 2.45) is 4.99 Å². The number of rotatable bonds is 8. The van der Waals surface area contributed by atoms with Crippen molar-refractivity contribution >= 4 is 40.3 Å². The molecule has 1 amide bonds. The highest BCUT2D eigenvalue weighted by Gasteiger charge is 2.24. The molecule has 1 aliphatic heterocycles. The van der Waals surface area contributed by atoms with E-state index in [1.54, 1.807) is 0 Å². The van der Waals surface area contributed by atoms with Gasteiger partial charge in [0.1, 0.15) is 5.75 Å². The van der Waals surface area contributed by atoms with Gasteiger partial charge in [-0.1, -0.05) is 0 Å². The Hall–Kier alpha value is -3.45. The van der Waals surface area contributed by atoms with Gasteiger partial charge in [-0.3, -0.25) is 4.79 Å². The van der Waals surface area contributed by atoms with E-state index >= 15 is 0 Å².